The molecule has 0 bridgehead atoms. The van der Waals surface area contributed by atoms with Gasteiger partial charge in [0.25, 0.3) is 0 Å². The van der Waals surface area contributed by atoms with Gasteiger partial charge in [-0.25, -0.2) is 4.98 Å². The van der Waals surface area contributed by atoms with Gasteiger partial charge in [-0.3, -0.25) is 4.79 Å². The van der Waals surface area contributed by atoms with E-state index in [0.717, 1.165) is 16.4 Å². The maximum Gasteiger partial charge on any atom is 0.303 e. The summed E-state index contributed by atoms with van der Waals surface area (Å²) in [7, 11) is 0. The fourth-order valence-electron chi connectivity index (χ4n) is 2.41. The Morgan fingerprint density at radius 2 is 2.14 bits per heavy atom. The normalized spacial score (nSPS) is 13.8. The van der Waals surface area contributed by atoms with E-state index in [9.17, 15) is 9.90 Å². The molecule has 5 nitrogen and oxygen atoms in total. The molecule has 0 spiro atoms. The molecule has 0 amide bonds. The lowest BCUT2D eigenvalue weighted by atomic mass is 9.96. The molecule has 1 heterocycles. The van der Waals surface area contributed by atoms with E-state index in [-0.39, 0.29) is 24.7 Å². The number of carbonyl (C=O) groups excluding carboxylic acids is 1. The van der Waals surface area contributed by atoms with Crippen molar-refractivity contribution in [3.63, 3.8) is 0 Å². The molecular weight excluding hydrogens is 300 g/mol. The molecule has 2 atom stereocenters. The van der Waals surface area contributed by atoms with E-state index in [4.69, 9.17) is 4.74 Å². The molecule has 0 fully saturated rings. The SMILES string of the molecule is C=C(C)N(CO)C(CC(OC(C)=O)c1nc(C)cs1)C(C)C. The van der Waals surface area contributed by atoms with Gasteiger partial charge in [-0.05, 0) is 19.8 Å². The van der Waals surface area contributed by atoms with Gasteiger partial charge in [-0.2, -0.15) is 0 Å². The van der Waals surface area contributed by atoms with Crippen molar-refractivity contribution in [1.29, 1.82) is 0 Å². The Labute approximate surface area is 136 Å². The van der Waals surface area contributed by atoms with E-state index < -0.39 is 6.10 Å². The van der Waals surface area contributed by atoms with Gasteiger partial charge >= 0.3 is 5.97 Å². The number of hydrogen-bond donors (Lipinski definition) is 1. The third-order valence-corrected chi connectivity index (χ3v) is 4.54. The van der Waals surface area contributed by atoms with Crippen molar-refractivity contribution in [2.75, 3.05) is 6.73 Å². The van der Waals surface area contributed by atoms with E-state index in [1.54, 1.807) is 0 Å². The van der Waals surface area contributed by atoms with Crippen LogP contribution in [0.15, 0.2) is 17.7 Å². The number of allylic oxidation sites excluding steroid dienone is 1. The number of aromatic nitrogens is 1. The molecule has 6 heteroatoms. The second-order valence-corrected chi connectivity index (χ2v) is 6.71. The van der Waals surface area contributed by atoms with Crippen LogP contribution < -0.4 is 0 Å². The molecule has 2 unspecified atom stereocenters. The lowest BCUT2D eigenvalue weighted by Gasteiger charge is -2.36. The fourth-order valence-corrected chi connectivity index (χ4v) is 3.24. The van der Waals surface area contributed by atoms with Crippen molar-refractivity contribution < 1.29 is 14.6 Å². The van der Waals surface area contributed by atoms with Gasteiger partial charge < -0.3 is 14.7 Å². The van der Waals surface area contributed by atoms with Crippen molar-refractivity contribution in [1.82, 2.24) is 9.88 Å². The topological polar surface area (TPSA) is 62.7 Å². The van der Waals surface area contributed by atoms with E-state index in [0.29, 0.717) is 6.42 Å². The first kappa shape index (κ1) is 18.6. The summed E-state index contributed by atoms with van der Waals surface area (Å²) in [4.78, 5) is 17.7. The number of aliphatic hydroxyl groups is 1. The number of thiazole rings is 1. The van der Waals surface area contributed by atoms with Gasteiger partial charge in [-0.1, -0.05) is 20.4 Å². The molecule has 0 saturated heterocycles. The maximum absolute atomic E-state index is 11.4. The summed E-state index contributed by atoms with van der Waals surface area (Å²) in [5.74, 6) is -0.0609. The number of nitrogens with zero attached hydrogens (tertiary/aromatic N) is 2. The Balaban J connectivity index is 3.02. The number of hydrogen-bond acceptors (Lipinski definition) is 6. The molecule has 1 N–H and O–H groups in total. The molecule has 0 radical (unpaired) electrons. The number of ether oxygens (including phenoxy) is 1. The summed E-state index contributed by atoms with van der Waals surface area (Å²) in [6.45, 7) is 13.1. The van der Waals surface area contributed by atoms with Crippen molar-refractivity contribution in [3.05, 3.63) is 28.4 Å². The van der Waals surface area contributed by atoms with Crippen LogP contribution in [0, 0.1) is 12.8 Å². The first-order valence-electron chi connectivity index (χ1n) is 7.38. The standard InChI is InChI=1S/C16H26N2O3S/c1-10(2)14(18(9-19)11(3)4)7-15(21-13(6)20)16-17-12(5)8-22-16/h8,10,14-15,19H,3,7,9H2,1-2,4-6H3. The molecule has 0 aliphatic carbocycles. The molecule has 1 aromatic rings. The highest BCUT2D eigenvalue weighted by molar-refractivity contribution is 7.09. The van der Waals surface area contributed by atoms with Crippen LogP contribution in [-0.4, -0.2) is 33.7 Å². The summed E-state index contributed by atoms with van der Waals surface area (Å²) in [5, 5.41) is 12.4. The van der Waals surface area contributed by atoms with Crippen LogP contribution in [0.5, 0.6) is 0 Å². The van der Waals surface area contributed by atoms with Gasteiger partial charge in [0.1, 0.15) is 11.7 Å². The summed E-state index contributed by atoms with van der Waals surface area (Å²) in [6.07, 6.45) is 0.162. The zero-order valence-electron chi connectivity index (χ0n) is 14.0. The zero-order chi connectivity index (χ0) is 16.9. The smallest absolute Gasteiger partial charge is 0.303 e. The van der Waals surface area contributed by atoms with Crippen LogP contribution in [0.3, 0.4) is 0 Å². The van der Waals surface area contributed by atoms with Crippen molar-refractivity contribution >= 4 is 17.3 Å². The van der Waals surface area contributed by atoms with Crippen LogP contribution in [0.2, 0.25) is 0 Å². The third kappa shape index (κ3) is 5.10. The molecular formula is C16H26N2O3S. The monoisotopic (exact) mass is 326 g/mol. The summed E-state index contributed by atoms with van der Waals surface area (Å²) < 4.78 is 5.48. The van der Waals surface area contributed by atoms with Crippen molar-refractivity contribution in [2.24, 2.45) is 5.92 Å². The van der Waals surface area contributed by atoms with E-state index in [2.05, 4.69) is 25.4 Å². The van der Waals surface area contributed by atoms with Crippen molar-refractivity contribution in [3.8, 4) is 0 Å². The second kappa shape index (κ2) is 8.29. The lowest BCUT2D eigenvalue weighted by Crippen LogP contribution is -2.39. The van der Waals surface area contributed by atoms with Crippen LogP contribution in [0.4, 0.5) is 0 Å². The Bertz CT molecular complexity index is 513. The maximum atomic E-state index is 11.4. The van der Waals surface area contributed by atoms with Crippen LogP contribution >= 0.6 is 11.3 Å². The Hall–Kier alpha value is -1.40. The molecule has 0 saturated carbocycles. The van der Waals surface area contributed by atoms with Crippen LogP contribution in [0.1, 0.15) is 50.9 Å². The van der Waals surface area contributed by atoms with E-state index >= 15 is 0 Å². The zero-order valence-corrected chi connectivity index (χ0v) is 14.8. The molecule has 1 aromatic heterocycles. The van der Waals surface area contributed by atoms with Crippen LogP contribution in [0.25, 0.3) is 0 Å². The van der Waals surface area contributed by atoms with Gasteiger partial charge in [0.2, 0.25) is 0 Å². The van der Waals surface area contributed by atoms with Gasteiger partial charge in [0.05, 0.1) is 0 Å². The van der Waals surface area contributed by atoms with E-state index in [1.807, 2.05) is 24.1 Å². The van der Waals surface area contributed by atoms with E-state index in [1.165, 1.54) is 18.3 Å². The number of carbonyl (C=O) groups is 1. The first-order valence-corrected chi connectivity index (χ1v) is 8.26. The molecule has 124 valence electrons. The van der Waals surface area contributed by atoms with Crippen LogP contribution in [-0.2, 0) is 9.53 Å². The Kier molecular flexibility index (Phi) is 7.03. The number of aliphatic hydroxyl groups excluding tert-OH is 1. The highest BCUT2D eigenvalue weighted by Gasteiger charge is 2.29. The fraction of sp³-hybridized carbons (Fsp3) is 0.625. The Morgan fingerprint density at radius 1 is 1.50 bits per heavy atom. The predicted octanol–water partition coefficient (Wildman–Crippen LogP) is 3.26. The highest BCUT2D eigenvalue weighted by Crippen LogP contribution is 2.31. The molecule has 22 heavy (non-hydrogen) atoms. The second-order valence-electron chi connectivity index (χ2n) is 5.82. The number of esters is 1. The Morgan fingerprint density at radius 3 is 2.50 bits per heavy atom. The highest BCUT2D eigenvalue weighted by atomic mass is 32.1. The first-order chi connectivity index (χ1) is 10.3. The summed E-state index contributed by atoms with van der Waals surface area (Å²) in [5.41, 5.74) is 1.70. The van der Waals surface area contributed by atoms with Crippen molar-refractivity contribution in [2.45, 2.75) is 53.2 Å². The number of rotatable bonds is 8. The minimum absolute atomic E-state index is 0.0102. The number of aryl methyl sites for hydroxylation is 1. The van der Waals surface area contributed by atoms with Gasteiger partial charge in [0.15, 0.2) is 6.10 Å². The predicted molar refractivity (Wildman–Crippen MR) is 88.3 cm³/mol. The quantitative estimate of drug-likeness (QED) is 0.587. The molecule has 1 rings (SSSR count). The van der Waals surface area contributed by atoms with Gasteiger partial charge in [0, 0.05) is 36.2 Å². The summed E-state index contributed by atoms with van der Waals surface area (Å²) >= 11 is 1.49. The molecule has 0 aromatic carbocycles. The molecule has 0 aliphatic rings. The molecule has 0 aliphatic heterocycles. The average molecular weight is 326 g/mol. The van der Waals surface area contributed by atoms with Gasteiger partial charge in [-0.15, -0.1) is 11.3 Å². The lowest BCUT2D eigenvalue weighted by molar-refractivity contribution is -0.148. The third-order valence-electron chi connectivity index (χ3n) is 3.49. The minimum Gasteiger partial charge on any atom is -0.455 e. The minimum atomic E-state index is -0.406. The average Bonchev–Trinajstić information content (AvgIpc) is 2.82. The summed E-state index contributed by atoms with van der Waals surface area (Å²) in [6, 6.07) is 0.0102. The largest absolute Gasteiger partial charge is 0.455 e.